The zero-order valence-corrected chi connectivity index (χ0v) is 13.0. The second-order valence-corrected chi connectivity index (χ2v) is 5.44. The van der Waals surface area contributed by atoms with E-state index < -0.39 is 4.92 Å². The molecule has 0 aliphatic carbocycles. The minimum atomic E-state index is -0.527. The lowest BCUT2D eigenvalue weighted by Crippen LogP contribution is -2.34. The average Bonchev–Trinajstić information content (AvgIpc) is 3.01. The van der Waals surface area contributed by atoms with Crippen LogP contribution in [0.4, 0.5) is 5.69 Å². The van der Waals surface area contributed by atoms with Crippen LogP contribution in [-0.4, -0.2) is 30.6 Å². The highest BCUT2D eigenvalue weighted by Gasteiger charge is 2.24. The van der Waals surface area contributed by atoms with Gasteiger partial charge in [-0.25, -0.2) is 0 Å². The second kappa shape index (κ2) is 6.57. The molecule has 0 spiro atoms. The number of hydrogen-bond acceptors (Lipinski definition) is 5. The smallest absolute Gasteiger partial charge is 0.270 e. The van der Waals surface area contributed by atoms with Gasteiger partial charge >= 0.3 is 0 Å². The van der Waals surface area contributed by atoms with E-state index in [1.807, 2.05) is 18.2 Å². The monoisotopic (exact) mass is 328 g/mol. The molecular weight excluding hydrogens is 312 g/mol. The summed E-state index contributed by atoms with van der Waals surface area (Å²) in [6, 6.07) is 11.2. The van der Waals surface area contributed by atoms with E-state index in [1.165, 1.54) is 24.3 Å². The highest BCUT2D eigenvalue weighted by Crippen LogP contribution is 2.31. The molecule has 1 atom stereocenters. The molecule has 0 saturated carbocycles. The molecule has 124 valence electrons. The van der Waals surface area contributed by atoms with Crippen molar-refractivity contribution in [1.29, 1.82) is 0 Å². The molecule has 1 aliphatic heterocycles. The fraction of sp³-hybridized carbons (Fsp3) is 0.235. The number of ether oxygens (including phenoxy) is 2. The standard InChI is InChI=1S/C17H16N2O5/c1-23-14-5-6-16-12(8-14)9-15(24-16)10-18-17(20)11-3-2-4-13(7-11)19(21)22/h2-8,15H,9-10H2,1H3,(H,18,20)/t15-/m0/s1. The van der Waals surface area contributed by atoms with E-state index in [0.717, 1.165) is 17.1 Å². The number of amides is 1. The summed E-state index contributed by atoms with van der Waals surface area (Å²) in [6.45, 7) is 0.318. The van der Waals surface area contributed by atoms with Crippen molar-refractivity contribution in [3.8, 4) is 11.5 Å². The van der Waals surface area contributed by atoms with Crippen LogP contribution in [0, 0.1) is 10.1 Å². The molecule has 0 bridgehead atoms. The van der Waals surface area contributed by atoms with Gasteiger partial charge in [0.1, 0.15) is 17.6 Å². The van der Waals surface area contributed by atoms with Crippen LogP contribution in [0.2, 0.25) is 0 Å². The summed E-state index contributed by atoms with van der Waals surface area (Å²) < 4.78 is 11.0. The fourth-order valence-electron chi connectivity index (χ4n) is 2.61. The van der Waals surface area contributed by atoms with Crippen LogP contribution < -0.4 is 14.8 Å². The minimum absolute atomic E-state index is 0.112. The lowest BCUT2D eigenvalue weighted by Gasteiger charge is -2.11. The average molecular weight is 328 g/mol. The Morgan fingerprint density at radius 1 is 1.38 bits per heavy atom. The molecule has 0 aromatic heterocycles. The van der Waals surface area contributed by atoms with Gasteiger partial charge in [0.25, 0.3) is 11.6 Å². The van der Waals surface area contributed by atoms with E-state index in [-0.39, 0.29) is 23.3 Å². The lowest BCUT2D eigenvalue weighted by molar-refractivity contribution is -0.384. The largest absolute Gasteiger partial charge is 0.497 e. The number of carbonyl (C=O) groups excluding carboxylic acids is 1. The Balaban J connectivity index is 1.60. The number of benzene rings is 2. The predicted molar refractivity (Wildman–Crippen MR) is 86.5 cm³/mol. The van der Waals surface area contributed by atoms with Crippen LogP contribution in [0.3, 0.4) is 0 Å². The summed E-state index contributed by atoms with van der Waals surface area (Å²) >= 11 is 0. The number of nitrogens with one attached hydrogen (secondary N) is 1. The number of non-ortho nitro benzene ring substituents is 1. The van der Waals surface area contributed by atoms with Crippen LogP contribution >= 0.6 is 0 Å². The molecule has 2 aromatic carbocycles. The van der Waals surface area contributed by atoms with Crippen molar-refractivity contribution < 1.29 is 19.2 Å². The van der Waals surface area contributed by atoms with Crippen LogP contribution in [0.25, 0.3) is 0 Å². The first kappa shape index (κ1) is 15.8. The first-order valence-electron chi connectivity index (χ1n) is 7.43. The van der Waals surface area contributed by atoms with E-state index in [0.29, 0.717) is 13.0 Å². The van der Waals surface area contributed by atoms with Gasteiger partial charge in [-0.15, -0.1) is 0 Å². The molecule has 0 saturated heterocycles. The Morgan fingerprint density at radius 2 is 2.21 bits per heavy atom. The number of carbonyl (C=O) groups is 1. The van der Waals surface area contributed by atoms with Crippen LogP contribution in [0.1, 0.15) is 15.9 Å². The van der Waals surface area contributed by atoms with E-state index in [2.05, 4.69) is 5.32 Å². The van der Waals surface area contributed by atoms with E-state index in [9.17, 15) is 14.9 Å². The highest BCUT2D eigenvalue weighted by atomic mass is 16.6. The number of nitro groups is 1. The molecule has 1 heterocycles. The second-order valence-electron chi connectivity index (χ2n) is 5.44. The van der Waals surface area contributed by atoms with Crippen molar-refractivity contribution >= 4 is 11.6 Å². The molecule has 7 nitrogen and oxygen atoms in total. The third-order valence-electron chi connectivity index (χ3n) is 3.82. The SMILES string of the molecule is COc1ccc2c(c1)C[C@@H](CNC(=O)c1cccc([N+](=O)[O-])c1)O2. The van der Waals surface area contributed by atoms with Crippen molar-refractivity contribution in [2.75, 3.05) is 13.7 Å². The van der Waals surface area contributed by atoms with Gasteiger partial charge < -0.3 is 14.8 Å². The number of hydrogen-bond donors (Lipinski definition) is 1. The predicted octanol–water partition coefficient (Wildman–Crippen LogP) is 2.34. The van der Waals surface area contributed by atoms with Crippen molar-refractivity contribution in [2.45, 2.75) is 12.5 Å². The maximum Gasteiger partial charge on any atom is 0.270 e. The van der Waals surface area contributed by atoms with Gasteiger partial charge in [-0.1, -0.05) is 6.07 Å². The normalized spacial score (nSPS) is 15.3. The molecule has 0 unspecified atom stereocenters. The van der Waals surface area contributed by atoms with Gasteiger partial charge in [-0.2, -0.15) is 0 Å². The molecule has 0 radical (unpaired) electrons. The molecule has 1 amide bonds. The van der Waals surface area contributed by atoms with Crippen molar-refractivity contribution in [2.24, 2.45) is 0 Å². The van der Waals surface area contributed by atoms with Gasteiger partial charge in [0.15, 0.2) is 0 Å². The summed E-state index contributed by atoms with van der Waals surface area (Å²) in [7, 11) is 1.61. The van der Waals surface area contributed by atoms with Crippen LogP contribution in [0.5, 0.6) is 11.5 Å². The summed E-state index contributed by atoms with van der Waals surface area (Å²) in [6.07, 6.45) is 0.497. The first-order chi connectivity index (χ1) is 11.6. The van der Waals surface area contributed by atoms with Crippen LogP contribution in [-0.2, 0) is 6.42 Å². The van der Waals surface area contributed by atoms with Crippen molar-refractivity contribution in [3.63, 3.8) is 0 Å². The number of methoxy groups -OCH3 is 1. The molecule has 7 heteroatoms. The topological polar surface area (TPSA) is 90.7 Å². The third kappa shape index (κ3) is 3.29. The molecule has 1 aliphatic rings. The van der Waals surface area contributed by atoms with Crippen molar-refractivity contribution in [1.82, 2.24) is 5.32 Å². The first-order valence-corrected chi connectivity index (χ1v) is 7.43. The summed E-state index contributed by atoms with van der Waals surface area (Å²) in [5.74, 6) is 1.18. The summed E-state index contributed by atoms with van der Waals surface area (Å²) in [5, 5.41) is 13.5. The maximum atomic E-state index is 12.1. The number of rotatable bonds is 5. The Hall–Kier alpha value is -3.09. The third-order valence-corrected chi connectivity index (χ3v) is 3.82. The minimum Gasteiger partial charge on any atom is -0.497 e. The summed E-state index contributed by atoms with van der Waals surface area (Å²) in [5.41, 5.74) is 1.17. The zero-order chi connectivity index (χ0) is 17.1. The molecule has 3 rings (SSSR count). The van der Waals surface area contributed by atoms with Gasteiger partial charge in [0.2, 0.25) is 0 Å². The van der Waals surface area contributed by atoms with Crippen molar-refractivity contribution in [3.05, 3.63) is 63.7 Å². The van der Waals surface area contributed by atoms with Gasteiger partial charge in [-0.3, -0.25) is 14.9 Å². The van der Waals surface area contributed by atoms with Gasteiger partial charge in [-0.05, 0) is 24.3 Å². The summed E-state index contributed by atoms with van der Waals surface area (Å²) in [4.78, 5) is 22.4. The Kier molecular flexibility index (Phi) is 4.33. The van der Waals surface area contributed by atoms with Gasteiger partial charge in [0, 0.05) is 29.7 Å². The Morgan fingerprint density at radius 3 is 2.96 bits per heavy atom. The highest BCUT2D eigenvalue weighted by molar-refractivity contribution is 5.94. The molecule has 0 fully saturated rings. The Bertz CT molecular complexity index is 790. The lowest BCUT2D eigenvalue weighted by atomic mass is 10.1. The Labute approximate surface area is 138 Å². The van der Waals surface area contributed by atoms with E-state index in [1.54, 1.807) is 7.11 Å². The fourth-order valence-corrected chi connectivity index (χ4v) is 2.61. The quantitative estimate of drug-likeness (QED) is 0.672. The molecule has 24 heavy (non-hydrogen) atoms. The zero-order valence-electron chi connectivity index (χ0n) is 13.0. The van der Waals surface area contributed by atoms with Gasteiger partial charge in [0.05, 0.1) is 18.6 Å². The van der Waals surface area contributed by atoms with E-state index in [4.69, 9.17) is 9.47 Å². The number of nitro benzene ring substituents is 1. The molecule has 2 aromatic rings. The van der Waals surface area contributed by atoms with Crippen LogP contribution in [0.15, 0.2) is 42.5 Å². The molecular formula is C17H16N2O5. The maximum absolute atomic E-state index is 12.1. The van der Waals surface area contributed by atoms with E-state index >= 15 is 0 Å². The number of fused-ring (bicyclic) bond motifs is 1. The molecule has 1 N–H and O–H groups in total. The number of nitrogens with zero attached hydrogens (tertiary/aromatic N) is 1.